The van der Waals surface area contributed by atoms with E-state index in [1.807, 2.05) is 37.8 Å². The lowest BCUT2D eigenvalue weighted by Gasteiger charge is -2.35. The fraction of sp³-hybridized carbons (Fsp3) is 0.641. The van der Waals surface area contributed by atoms with Crippen LogP contribution in [0.3, 0.4) is 0 Å². The summed E-state index contributed by atoms with van der Waals surface area (Å²) in [6.45, 7) is 15.0. The summed E-state index contributed by atoms with van der Waals surface area (Å²) in [7, 11) is 0.233. The van der Waals surface area contributed by atoms with Gasteiger partial charge in [0.2, 0.25) is 23.6 Å². The van der Waals surface area contributed by atoms with Gasteiger partial charge in [0.25, 0.3) is 11.8 Å². The molecule has 4 aliphatic rings. The van der Waals surface area contributed by atoms with Crippen molar-refractivity contribution in [2.75, 3.05) is 123 Å². The Morgan fingerprint density at radius 2 is 1.44 bits per heavy atom. The minimum Gasteiger partial charge on any atom is -0.495 e. The molecule has 2 aromatic rings. The summed E-state index contributed by atoms with van der Waals surface area (Å²) in [4.78, 5) is 125. The molecule has 24 nitrogen and oxygen atoms in total. The standard InChI is InChI=1S/C64H93ClN6O18S/c1-43(2)37-52-62(79)86-50(11-9-12-53(72)68-49(39-46-16-19-51(81-6)48(65)38-46)61(78)67-42-64(4,5)63(80)87-52)44(3)59-60(88-59)47-17-14-45(15-18-47)40-69-24-26-70(27-25-69)55(74)13-10-36-90(7,8)41-54(73)66-23-29-83-31-33-85-35-34-84-32-30-82-28-22-58(77)89-71-56(75)20-21-57(71)76/h9,12,14-19,38,43-44,49-50,52,59-60H,10-11,13,20-37,39-42H2,1-8H3,(H,66,73)(H,67,78)(H,68,72)/b12-9-/t44-,49+,50-,52?,59-,60+/m0/s1. The Hall–Kier alpha value is -6.19. The number of hydrogen-bond acceptors (Lipinski definition) is 19. The molecular formula is C64H93ClN6O18S. The van der Waals surface area contributed by atoms with E-state index < -0.39 is 75.2 Å². The number of piperazine rings is 1. The molecule has 6 amide bonds. The maximum absolute atomic E-state index is 14.0. The molecule has 1 unspecified atom stereocenters. The maximum Gasteiger partial charge on any atom is 0.347 e. The number of amides is 6. The minimum atomic E-state index is -1.26. The second kappa shape index (κ2) is 36.2. The zero-order valence-corrected chi connectivity index (χ0v) is 55.0. The molecule has 6 atom stereocenters. The third kappa shape index (κ3) is 24.5. The third-order valence-corrected chi connectivity index (χ3v) is 18.4. The van der Waals surface area contributed by atoms with Crippen molar-refractivity contribution >= 4 is 75.0 Å². The average Bonchev–Trinajstić information content (AvgIpc) is 2.54. The number of hydroxylamine groups is 2. The highest BCUT2D eigenvalue weighted by Crippen LogP contribution is 2.45. The van der Waals surface area contributed by atoms with Crippen LogP contribution in [0.5, 0.6) is 5.75 Å². The van der Waals surface area contributed by atoms with Crippen LogP contribution in [0, 0.1) is 17.3 Å². The first-order valence-electron chi connectivity index (χ1n) is 31.0. The van der Waals surface area contributed by atoms with Gasteiger partial charge < -0.3 is 63.6 Å². The van der Waals surface area contributed by atoms with Crippen LogP contribution in [-0.4, -0.2) is 216 Å². The number of imide groups is 1. The monoisotopic (exact) mass is 1300 g/mol. The number of nitrogens with one attached hydrogen (secondary N) is 3. The first kappa shape index (κ1) is 72.9. The zero-order valence-electron chi connectivity index (χ0n) is 53.4. The van der Waals surface area contributed by atoms with Crippen LogP contribution in [0.4, 0.5) is 0 Å². The minimum absolute atomic E-state index is 0.0328. The number of nitrogens with zero attached hydrogens (tertiary/aromatic N) is 3. The lowest BCUT2D eigenvalue weighted by atomic mass is 9.92. The number of cyclic esters (lactones) is 2. The normalized spacial score (nSPS) is 22.1. The van der Waals surface area contributed by atoms with Crippen molar-refractivity contribution in [2.24, 2.45) is 17.3 Å². The van der Waals surface area contributed by atoms with Gasteiger partial charge in [-0.3, -0.25) is 38.5 Å². The summed E-state index contributed by atoms with van der Waals surface area (Å²) in [5.41, 5.74) is 1.50. The molecule has 0 spiro atoms. The van der Waals surface area contributed by atoms with Crippen molar-refractivity contribution in [3.05, 3.63) is 76.3 Å². The smallest absolute Gasteiger partial charge is 0.347 e. The third-order valence-electron chi connectivity index (χ3n) is 15.7. The first-order chi connectivity index (χ1) is 42.9. The zero-order chi connectivity index (χ0) is 65.4. The highest BCUT2D eigenvalue weighted by Gasteiger charge is 2.48. The number of esters is 2. The molecule has 4 heterocycles. The molecule has 3 fully saturated rings. The van der Waals surface area contributed by atoms with Crippen molar-refractivity contribution in [1.29, 1.82) is 0 Å². The Morgan fingerprint density at radius 1 is 0.811 bits per heavy atom. The molecular weight excluding hydrogens is 1210 g/mol. The summed E-state index contributed by atoms with van der Waals surface area (Å²) in [6.07, 6.45) is 6.14. The van der Waals surface area contributed by atoms with Gasteiger partial charge >= 0.3 is 17.9 Å². The van der Waals surface area contributed by atoms with E-state index in [1.165, 1.54) is 13.2 Å². The molecule has 4 aliphatic heterocycles. The molecule has 0 aromatic heterocycles. The van der Waals surface area contributed by atoms with Gasteiger partial charge in [0.1, 0.15) is 24.0 Å². The van der Waals surface area contributed by atoms with E-state index in [2.05, 4.69) is 45.5 Å². The Morgan fingerprint density at radius 3 is 2.08 bits per heavy atom. The quantitative estimate of drug-likeness (QED) is 0.0384. The number of ether oxygens (including phenoxy) is 8. The average molecular weight is 1300 g/mol. The highest BCUT2D eigenvalue weighted by atomic mass is 35.5. The van der Waals surface area contributed by atoms with Crippen molar-refractivity contribution in [3.8, 4) is 5.75 Å². The van der Waals surface area contributed by atoms with E-state index in [1.54, 1.807) is 38.1 Å². The molecule has 2 aromatic carbocycles. The van der Waals surface area contributed by atoms with Gasteiger partial charge in [0.05, 0.1) is 88.7 Å². The molecule has 26 heteroatoms. The molecule has 90 heavy (non-hydrogen) atoms. The highest BCUT2D eigenvalue weighted by molar-refractivity contribution is 8.33. The Labute approximate surface area is 534 Å². The van der Waals surface area contributed by atoms with E-state index in [0.717, 1.165) is 30.0 Å². The van der Waals surface area contributed by atoms with Gasteiger partial charge in [0.15, 0.2) is 6.10 Å². The number of methoxy groups -OCH3 is 1. The second-order valence-electron chi connectivity index (χ2n) is 24.6. The number of carbonyl (C=O) groups is 9. The molecule has 0 bridgehead atoms. The van der Waals surface area contributed by atoms with Crippen LogP contribution < -0.4 is 20.7 Å². The van der Waals surface area contributed by atoms with Crippen molar-refractivity contribution < 1.29 is 85.9 Å². The van der Waals surface area contributed by atoms with Gasteiger partial charge in [-0.25, -0.2) is 19.6 Å². The van der Waals surface area contributed by atoms with Crippen LogP contribution in [0.2, 0.25) is 5.02 Å². The SMILES string of the molecule is COc1ccc(C[C@H]2NC(=O)/C=C\C[C@@H]([C@H](C)[C@@H]3O[C@@H]3c3ccc(CN4CCN(C(=O)CCCS(C)(C)CC(=O)NCCOCCOCCOCCOCCC(=O)ON5C(=O)CCC5=O)CC4)cc3)OC(=O)C(CC(C)C)OC(=O)C(C)(C)CNC2=O)cc1Cl. The maximum atomic E-state index is 14.0. The number of hydrogen-bond donors (Lipinski definition) is 3. The van der Waals surface area contributed by atoms with Crippen molar-refractivity contribution in [1.82, 2.24) is 30.8 Å². The summed E-state index contributed by atoms with van der Waals surface area (Å²) < 4.78 is 45.5. The Bertz CT molecular complexity index is 2760. The Balaban J connectivity index is 0.858. The van der Waals surface area contributed by atoms with E-state index >= 15 is 0 Å². The lowest BCUT2D eigenvalue weighted by Crippen LogP contribution is -2.51. The summed E-state index contributed by atoms with van der Waals surface area (Å²) in [6, 6.07) is 12.3. The van der Waals surface area contributed by atoms with Crippen molar-refractivity contribution in [3.63, 3.8) is 0 Å². The summed E-state index contributed by atoms with van der Waals surface area (Å²) in [5.74, 6) is -2.86. The predicted octanol–water partition coefficient (Wildman–Crippen LogP) is 4.79. The van der Waals surface area contributed by atoms with Crippen LogP contribution in [0.25, 0.3) is 0 Å². The topological polar surface area (TPSA) is 286 Å². The number of carbonyl (C=O) groups excluding carboxylic acids is 9. The molecule has 0 radical (unpaired) electrons. The number of benzene rings is 2. The van der Waals surface area contributed by atoms with E-state index in [9.17, 15) is 43.2 Å². The molecule has 0 saturated carbocycles. The second-order valence-corrected chi connectivity index (χ2v) is 29.2. The lowest BCUT2D eigenvalue weighted by molar-refractivity contribution is -0.198. The fourth-order valence-corrected chi connectivity index (χ4v) is 12.4. The van der Waals surface area contributed by atoms with E-state index in [-0.39, 0.29) is 94.1 Å². The summed E-state index contributed by atoms with van der Waals surface area (Å²) in [5, 5.41) is 9.37. The molecule has 3 N–H and O–H groups in total. The van der Waals surface area contributed by atoms with Crippen molar-refractivity contribution in [2.45, 2.75) is 123 Å². The predicted molar refractivity (Wildman–Crippen MR) is 335 cm³/mol. The summed E-state index contributed by atoms with van der Waals surface area (Å²) >= 11 is 6.40. The van der Waals surface area contributed by atoms with Gasteiger partial charge in [-0.2, -0.15) is 0 Å². The van der Waals surface area contributed by atoms with Gasteiger partial charge in [-0.05, 0) is 85.8 Å². The van der Waals surface area contributed by atoms with Crippen LogP contribution in [-0.2, 0) is 94.1 Å². The number of halogens is 1. The molecule has 6 rings (SSSR count). The molecule has 500 valence electrons. The van der Waals surface area contributed by atoms with Gasteiger partial charge in [-0.15, -0.1) is 5.06 Å². The Kier molecular flexibility index (Phi) is 29.3. The van der Waals surface area contributed by atoms with E-state index in [4.69, 9.17) is 54.3 Å². The van der Waals surface area contributed by atoms with Crippen LogP contribution in [0.1, 0.15) is 102 Å². The largest absolute Gasteiger partial charge is 0.495 e. The first-order valence-corrected chi connectivity index (χ1v) is 34.1. The van der Waals surface area contributed by atoms with Crippen LogP contribution in [0.15, 0.2) is 54.6 Å². The fourth-order valence-electron chi connectivity index (χ4n) is 10.3. The number of rotatable bonds is 32. The van der Waals surface area contributed by atoms with Crippen LogP contribution >= 0.6 is 21.6 Å². The van der Waals surface area contributed by atoms with E-state index in [0.29, 0.717) is 106 Å². The van der Waals surface area contributed by atoms with Gasteiger partial charge in [0, 0.05) is 83.8 Å². The van der Waals surface area contributed by atoms with Gasteiger partial charge in [-0.1, -0.05) is 68.8 Å². The molecule has 0 aliphatic carbocycles. The molecule has 3 saturated heterocycles. The number of epoxide rings is 1.